The number of primary amides is 1. The lowest BCUT2D eigenvalue weighted by Crippen LogP contribution is -2.55. The summed E-state index contributed by atoms with van der Waals surface area (Å²) in [5.74, 6) is -0.261. The van der Waals surface area contributed by atoms with Gasteiger partial charge in [0.15, 0.2) is 0 Å². The van der Waals surface area contributed by atoms with Gasteiger partial charge in [-0.3, -0.25) is 9.69 Å². The maximum Gasteiger partial charge on any atom is 0.218 e. The summed E-state index contributed by atoms with van der Waals surface area (Å²) in [6.45, 7) is 6.87. The van der Waals surface area contributed by atoms with Crippen LogP contribution in [0, 0.1) is 0 Å². The summed E-state index contributed by atoms with van der Waals surface area (Å²) in [5.41, 5.74) is 10.5. The lowest BCUT2D eigenvalue weighted by molar-refractivity contribution is -0.134. The molecule has 1 rings (SSSR count). The summed E-state index contributed by atoms with van der Waals surface area (Å²) < 4.78 is 5.78. The number of amides is 1. The Hall–Kier alpha value is -0.650. The lowest BCUT2D eigenvalue weighted by atomic mass is 10.0. The topological polar surface area (TPSA) is 81.6 Å². The van der Waals surface area contributed by atoms with Crippen molar-refractivity contribution in [2.24, 2.45) is 11.5 Å². The molecule has 0 aromatic rings. The van der Waals surface area contributed by atoms with Crippen LogP contribution in [-0.2, 0) is 9.53 Å². The number of nitrogens with two attached hydrogens (primary N) is 2. The second kappa shape index (κ2) is 4.92. The van der Waals surface area contributed by atoms with E-state index in [9.17, 15) is 4.79 Å². The number of carbonyl (C=O) groups is 1. The van der Waals surface area contributed by atoms with Gasteiger partial charge in [0, 0.05) is 32.6 Å². The van der Waals surface area contributed by atoms with E-state index in [1.54, 1.807) is 0 Å². The molecule has 1 unspecified atom stereocenters. The fraction of sp³-hybridized carbons (Fsp3) is 0.900. The minimum absolute atomic E-state index is 0.0571. The molecule has 0 saturated carbocycles. The fourth-order valence-electron chi connectivity index (χ4n) is 1.98. The van der Waals surface area contributed by atoms with Gasteiger partial charge >= 0.3 is 0 Å². The van der Waals surface area contributed by atoms with Crippen molar-refractivity contribution in [2.75, 3.05) is 26.2 Å². The minimum Gasteiger partial charge on any atom is -0.370 e. The molecule has 1 fully saturated rings. The molecular formula is C10H21N3O2. The Morgan fingerprint density at radius 1 is 1.60 bits per heavy atom. The molecule has 0 aromatic carbocycles. The Bertz CT molecular complexity index is 231. The SMILES string of the molecule is CC1(C)CN(CCC(N)=O)CC(CN)O1. The molecule has 15 heavy (non-hydrogen) atoms. The van der Waals surface area contributed by atoms with E-state index in [4.69, 9.17) is 16.2 Å². The zero-order chi connectivity index (χ0) is 11.5. The van der Waals surface area contributed by atoms with Crippen molar-refractivity contribution in [1.29, 1.82) is 0 Å². The van der Waals surface area contributed by atoms with Crippen LogP contribution in [0.15, 0.2) is 0 Å². The lowest BCUT2D eigenvalue weighted by Gasteiger charge is -2.42. The van der Waals surface area contributed by atoms with E-state index in [1.807, 2.05) is 13.8 Å². The van der Waals surface area contributed by atoms with Crippen LogP contribution in [0.1, 0.15) is 20.3 Å². The maximum atomic E-state index is 10.7. The van der Waals surface area contributed by atoms with Crippen molar-refractivity contribution < 1.29 is 9.53 Å². The number of carbonyl (C=O) groups excluding carboxylic acids is 1. The van der Waals surface area contributed by atoms with Crippen LogP contribution >= 0.6 is 0 Å². The molecule has 1 amide bonds. The summed E-state index contributed by atoms with van der Waals surface area (Å²) in [5, 5.41) is 0. The van der Waals surface area contributed by atoms with E-state index in [0.29, 0.717) is 19.5 Å². The van der Waals surface area contributed by atoms with Crippen molar-refractivity contribution >= 4 is 5.91 Å². The second-order valence-electron chi connectivity index (χ2n) is 4.69. The molecule has 0 bridgehead atoms. The summed E-state index contributed by atoms with van der Waals surface area (Å²) in [6.07, 6.45) is 0.453. The summed E-state index contributed by atoms with van der Waals surface area (Å²) in [6, 6.07) is 0. The van der Waals surface area contributed by atoms with Crippen molar-refractivity contribution in [3.63, 3.8) is 0 Å². The highest BCUT2D eigenvalue weighted by Crippen LogP contribution is 2.20. The zero-order valence-electron chi connectivity index (χ0n) is 9.53. The summed E-state index contributed by atoms with van der Waals surface area (Å²) >= 11 is 0. The minimum atomic E-state index is -0.261. The molecule has 4 N–H and O–H groups in total. The van der Waals surface area contributed by atoms with Crippen LogP contribution in [0.4, 0.5) is 0 Å². The molecule has 1 aliphatic heterocycles. The van der Waals surface area contributed by atoms with Gasteiger partial charge in [-0.25, -0.2) is 0 Å². The van der Waals surface area contributed by atoms with E-state index in [2.05, 4.69) is 4.90 Å². The van der Waals surface area contributed by atoms with Gasteiger partial charge in [-0.15, -0.1) is 0 Å². The van der Waals surface area contributed by atoms with Crippen molar-refractivity contribution in [3.05, 3.63) is 0 Å². The number of nitrogens with zero attached hydrogens (tertiary/aromatic N) is 1. The molecule has 1 aliphatic rings. The van der Waals surface area contributed by atoms with Gasteiger partial charge in [-0.2, -0.15) is 0 Å². The van der Waals surface area contributed by atoms with Crippen molar-refractivity contribution in [3.8, 4) is 0 Å². The number of rotatable bonds is 4. The van der Waals surface area contributed by atoms with E-state index in [0.717, 1.165) is 13.1 Å². The first-order chi connectivity index (χ1) is 6.93. The quantitative estimate of drug-likeness (QED) is 0.649. The maximum absolute atomic E-state index is 10.7. The van der Waals surface area contributed by atoms with Crippen LogP contribution in [0.25, 0.3) is 0 Å². The summed E-state index contributed by atoms with van der Waals surface area (Å²) in [7, 11) is 0. The molecule has 5 nitrogen and oxygen atoms in total. The smallest absolute Gasteiger partial charge is 0.218 e. The Kier molecular flexibility index (Phi) is 4.07. The van der Waals surface area contributed by atoms with Crippen LogP contribution in [-0.4, -0.2) is 48.7 Å². The van der Waals surface area contributed by atoms with Crippen molar-refractivity contribution in [1.82, 2.24) is 4.90 Å². The first-order valence-corrected chi connectivity index (χ1v) is 5.31. The third-order valence-electron chi connectivity index (χ3n) is 2.49. The molecule has 1 heterocycles. The van der Waals surface area contributed by atoms with Crippen LogP contribution in [0.3, 0.4) is 0 Å². The Balaban J connectivity index is 2.47. The Labute approximate surface area is 90.7 Å². The van der Waals surface area contributed by atoms with Crippen LogP contribution < -0.4 is 11.5 Å². The highest BCUT2D eigenvalue weighted by Gasteiger charge is 2.32. The predicted molar refractivity (Wildman–Crippen MR) is 58.3 cm³/mol. The Morgan fingerprint density at radius 3 is 2.80 bits per heavy atom. The number of hydrogen-bond acceptors (Lipinski definition) is 4. The van der Waals surface area contributed by atoms with Gasteiger partial charge in [-0.05, 0) is 13.8 Å². The number of hydrogen-bond donors (Lipinski definition) is 2. The molecule has 1 atom stereocenters. The van der Waals surface area contributed by atoms with Gasteiger partial charge in [-0.1, -0.05) is 0 Å². The van der Waals surface area contributed by atoms with Gasteiger partial charge < -0.3 is 16.2 Å². The average Bonchev–Trinajstić information content (AvgIpc) is 2.12. The van der Waals surface area contributed by atoms with Gasteiger partial charge in [0.2, 0.25) is 5.91 Å². The van der Waals surface area contributed by atoms with E-state index < -0.39 is 0 Å². The summed E-state index contributed by atoms with van der Waals surface area (Å²) in [4.78, 5) is 12.9. The standard InChI is InChI=1S/C10H21N3O2/c1-10(2)7-13(4-3-9(12)14)6-8(5-11)15-10/h8H,3-7,11H2,1-2H3,(H2,12,14). The molecule has 1 saturated heterocycles. The first-order valence-electron chi connectivity index (χ1n) is 5.31. The normalized spacial score (nSPS) is 26.5. The molecule has 0 spiro atoms. The Morgan fingerprint density at radius 2 is 2.27 bits per heavy atom. The van der Waals surface area contributed by atoms with Gasteiger partial charge in [0.05, 0.1) is 11.7 Å². The first kappa shape index (κ1) is 12.4. The van der Waals surface area contributed by atoms with Gasteiger partial charge in [0.1, 0.15) is 0 Å². The average molecular weight is 215 g/mol. The molecule has 0 aromatic heterocycles. The molecular weight excluding hydrogens is 194 g/mol. The van der Waals surface area contributed by atoms with Crippen molar-refractivity contribution in [2.45, 2.75) is 32.0 Å². The zero-order valence-corrected chi connectivity index (χ0v) is 9.53. The van der Waals surface area contributed by atoms with Crippen LogP contribution in [0.5, 0.6) is 0 Å². The van der Waals surface area contributed by atoms with E-state index in [1.165, 1.54) is 0 Å². The predicted octanol–water partition coefficient (Wildman–Crippen LogP) is -0.700. The van der Waals surface area contributed by atoms with Gasteiger partial charge in [0.25, 0.3) is 0 Å². The third-order valence-corrected chi connectivity index (χ3v) is 2.49. The van der Waals surface area contributed by atoms with E-state index >= 15 is 0 Å². The monoisotopic (exact) mass is 215 g/mol. The second-order valence-corrected chi connectivity index (χ2v) is 4.69. The highest BCUT2D eigenvalue weighted by molar-refractivity contribution is 5.73. The molecule has 5 heteroatoms. The molecule has 0 aliphatic carbocycles. The molecule has 88 valence electrons. The van der Waals surface area contributed by atoms with Crippen LogP contribution in [0.2, 0.25) is 0 Å². The van der Waals surface area contributed by atoms with E-state index in [-0.39, 0.29) is 17.6 Å². The largest absolute Gasteiger partial charge is 0.370 e. The number of ether oxygens (including phenoxy) is 1. The third kappa shape index (κ3) is 4.15. The highest BCUT2D eigenvalue weighted by atomic mass is 16.5. The fourth-order valence-corrected chi connectivity index (χ4v) is 1.98. The number of morpholine rings is 1. The molecule has 0 radical (unpaired) electrons.